The molecule has 2 rings (SSSR count). The molecule has 25 heavy (non-hydrogen) atoms. The summed E-state index contributed by atoms with van der Waals surface area (Å²) in [6.07, 6.45) is 0. The Balaban J connectivity index is 2.23. The van der Waals surface area contributed by atoms with Crippen molar-refractivity contribution in [3.63, 3.8) is 0 Å². The number of halogens is 3. The molecule has 8 heteroatoms. The van der Waals surface area contributed by atoms with Gasteiger partial charge >= 0.3 is 0 Å². The molecule has 0 saturated heterocycles. The average molecular weight is 351 g/mol. The number of hydrogen-bond donors (Lipinski definition) is 2. The first-order valence-corrected chi connectivity index (χ1v) is 7.37. The zero-order valence-electron chi connectivity index (χ0n) is 13.8. The van der Waals surface area contributed by atoms with Crippen LogP contribution in [0.3, 0.4) is 0 Å². The molecule has 0 aliphatic heterocycles. The number of benzene rings is 1. The van der Waals surface area contributed by atoms with Gasteiger partial charge in [0, 0.05) is 19.2 Å². The molecule has 0 bridgehead atoms. The number of carbonyl (C=O) groups excluding carboxylic acids is 2. The summed E-state index contributed by atoms with van der Waals surface area (Å²) >= 11 is 0. The molecule has 2 amide bonds. The lowest BCUT2D eigenvalue weighted by atomic mass is 10.0. The fourth-order valence-corrected chi connectivity index (χ4v) is 2.18. The predicted octanol–water partition coefficient (Wildman–Crippen LogP) is 2.41. The summed E-state index contributed by atoms with van der Waals surface area (Å²) in [5.41, 5.74) is -0.805. The summed E-state index contributed by atoms with van der Waals surface area (Å²) in [4.78, 5) is 27.5. The number of nitrogens with zero attached hydrogens (tertiary/aromatic N) is 1. The Morgan fingerprint density at radius 1 is 0.960 bits per heavy atom. The highest BCUT2D eigenvalue weighted by Gasteiger charge is 2.21. The van der Waals surface area contributed by atoms with Crippen LogP contribution in [0.2, 0.25) is 0 Å². The van der Waals surface area contributed by atoms with E-state index in [4.69, 9.17) is 0 Å². The Labute approximate surface area is 142 Å². The molecule has 1 heterocycles. The highest BCUT2D eigenvalue weighted by molar-refractivity contribution is 5.96. The lowest BCUT2D eigenvalue weighted by molar-refractivity contribution is 0.0944. The Hall–Kier alpha value is -2.90. The lowest BCUT2D eigenvalue weighted by Gasteiger charge is -2.12. The molecule has 0 spiro atoms. The van der Waals surface area contributed by atoms with Crippen molar-refractivity contribution in [3.8, 4) is 0 Å². The van der Waals surface area contributed by atoms with Crippen LogP contribution in [-0.2, 0) is 6.54 Å². The van der Waals surface area contributed by atoms with Crippen molar-refractivity contribution < 1.29 is 22.8 Å². The van der Waals surface area contributed by atoms with E-state index in [1.165, 1.54) is 39.1 Å². The number of amides is 2. The van der Waals surface area contributed by atoms with Gasteiger partial charge in [0.1, 0.15) is 17.2 Å². The van der Waals surface area contributed by atoms with Crippen LogP contribution >= 0.6 is 0 Å². The maximum atomic E-state index is 14.1. The first-order chi connectivity index (χ1) is 11.8. The molecule has 0 saturated carbocycles. The third kappa shape index (κ3) is 3.62. The molecule has 132 valence electrons. The number of aromatic nitrogens is 1. The van der Waals surface area contributed by atoms with Gasteiger partial charge in [-0.25, -0.2) is 18.2 Å². The van der Waals surface area contributed by atoms with Crippen molar-refractivity contribution >= 4 is 11.8 Å². The van der Waals surface area contributed by atoms with Gasteiger partial charge in [-0.15, -0.1) is 0 Å². The van der Waals surface area contributed by atoms with Crippen molar-refractivity contribution in [2.45, 2.75) is 20.4 Å². The van der Waals surface area contributed by atoms with E-state index in [1.54, 1.807) is 0 Å². The fourth-order valence-electron chi connectivity index (χ4n) is 2.18. The second-order valence-corrected chi connectivity index (χ2v) is 5.34. The first-order valence-electron chi connectivity index (χ1n) is 7.37. The van der Waals surface area contributed by atoms with Gasteiger partial charge in [-0.1, -0.05) is 6.07 Å². The lowest BCUT2D eigenvalue weighted by Crippen LogP contribution is -2.27. The fraction of sp³-hybridized carbons (Fsp3) is 0.235. The van der Waals surface area contributed by atoms with E-state index in [1.807, 2.05) is 0 Å². The second-order valence-electron chi connectivity index (χ2n) is 5.34. The Bertz CT molecular complexity index is 824. The minimum Gasteiger partial charge on any atom is -0.354 e. The van der Waals surface area contributed by atoms with E-state index < -0.39 is 41.4 Å². The van der Waals surface area contributed by atoms with Crippen LogP contribution in [0, 0.1) is 31.3 Å². The van der Waals surface area contributed by atoms with Gasteiger partial charge in [0.2, 0.25) is 0 Å². The highest BCUT2D eigenvalue weighted by Crippen LogP contribution is 2.24. The topological polar surface area (TPSA) is 71.1 Å². The van der Waals surface area contributed by atoms with E-state index in [0.717, 1.165) is 0 Å². The molecule has 0 radical (unpaired) electrons. The van der Waals surface area contributed by atoms with Gasteiger partial charge in [-0.2, -0.15) is 0 Å². The van der Waals surface area contributed by atoms with Crippen LogP contribution in [0.5, 0.6) is 0 Å². The van der Waals surface area contributed by atoms with Crippen LogP contribution in [0.1, 0.15) is 37.7 Å². The van der Waals surface area contributed by atoms with Gasteiger partial charge in [-0.3, -0.25) is 9.59 Å². The zero-order valence-corrected chi connectivity index (χ0v) is 13.8. The monoisotopic (exact) mass is 351 g/mol. The molecule has 1 aromatic heterocycles. The van der Waals surface area contributed by atoms with Gasteiger partial charge in [0.25, 0.3) is 11.8 Å². The van der Waals surface area contributed by atoms with Gasteiger partial charge in [-0.05, 0) is 37.1 Å². The zero-order chi connectivity index (χ0) is 18.7. The summed E-state index contributed by atoms with van der Waals surface area (Å²) in [6.45, 7) is 2.04. The number of pyridine rings is 1. The van der Waals surface area contributed by atoms with Crippen molar-refractivity contribution in [2.24, 2.45) is 0 Å². The molecule has 2 N–H and O–H groups in total. The largest absolute Gasteiger partial charge is 0.354 e. The van der Waals surface area contributed by atoms with Crippen molar-refractivity contribution in [3.05, 3.63) is 63.7 Å². The summed E-state index contributed by atoms with van der Waals surface area (Å²) < 4.78 is 41.8. The van der Waals surface area contributed by atoms with E-state index >= 15 is 0 Å². The predicted molar refractivity (Wildman–Crippen MR) is 84.6 cm³/mol. The minimum atomic E-state index is -1.34. The quantitative estimate of drug-likeness (QED) is 0.831. The molecule has 0 unspecified atom stereocenters. The van der Waals surface area contributed by atoms with Crippen LogP contribution in [0.25, 0.3) is 0 Å². The highest BCUT2D eigenvalue weighted by atomic mass is 19.2. The molecule has 0 fully saturated rings. The van der Waals surface area contributed by atoms with Gasteiger partial charge in [0.15, 0.2) is 11.6 Å². The Morgan fingerprint density at radius 2 is 1.52 bits per heavy atom. The summed E-state index contributed by atoms with van der Waals surface area (Å²) in [5, 5.41) is 4.64. The van der Waals surface area contributed by atoms with Crippen LogP contribution in [-0.4, -0.2) is 23.8 Å². The summed E-state index contributed by atoms with van der Waals surface area (Å²) in [5.74, 6) is -4.63. The minimum absolute atomic E-state index is 0.0183. The van der Waals surface area contributed by atoms with Crippen molar-refractivity contribution in [1.82, 2.24) is 15.6 Å². The van der Waals surface area contributed by atoms with E-state index in [9.17, 15) is 22.8 Å². The number of hydrogen-bond acceptors (Lipinski definition) is 3. The van der Waals surface area contributed by atoms with Crippen molar-refractivity contribution in [1.29, 1.82) is 0 Å². The molecule has 0 aliphatic rings. The number of carbonyl (C=O) groups is 2. The first kappa shape index (κ1) is 18.4. The van der Waals surface area contributed by atoms with E-state index in [0.29, 0.717) is 0 Å². The SMILES string of the molecule is CNC(=O)c1cccc(C(=O)NCc2c(F)c(C)c(C)c(F)c2F)n1. The Morgan fingerprint density at radius 3 is 2.12 bits per heavy atom. The third-order valence-corrected chi connectivity index (χ3v) is 3.81. The standard InChI is InChI=1S/C17H16F3N3O2/c1-8-9(2)14(19)15(20)10(13(8)18)7-22-17(25)12-6-4-5-11(23-12)16(24)21-3/h4-6H,7H2,1-3H3,(H,21,24)(H,22,25). The van der Waals surface area contributed by atoms with E-state index in [-0.39, 0.29) is 22.5 Å². The van der Waals surface area contributed by atoms with Crippen molar-refractivity contribution in [2.75, 3.05) is 7.05 Å². The van der Waals surface area contributed by atoms with Gasteiger partial charge in [0.05, 0.1) is 0 Å². The maximum Gasteiger partial charge on any atom is 0.270 e. The molecule has 1 aromatic carbocycles. The molecule has 0 atom stereocenters. The number of rotatable bonds is 4. The molecule has 5 nitrogen and oxygen atoms in total. The summed E-state index contributed by atoms with van der Waals surface area (Å²) in [7, 11) is 1.41. The molecular weight excluding hydrogens is 335 g/mol. The normalized spacial score (nSPS) is 10.5. The maximum absolute atomic E-state index is 14.1. The Kier molecular flexibility index (Phi) is 5.41. The van der Waals surface area contributed by atoms with Crippen LogP contribution < -0.4 is 10.6 Å². The second kappa shape index (κ2) is 7.33. The molecule has 0 aliphatic carbocycles. The number of nitrogens with one attached hydrogen (secondary N) is 2. The average Bonchev–Trinajstić information content (AvgIpc) is 2.63. The molecular formula is C17H16F3N3O2. The van der Waals surface area contributed by atoms with E-state index in [2.05, 4.69) is 15.6 Å². The summed E-state index contributed by atoms with van der Waals surface area (Å²) in [6, 6.07) is 4.20. The smallest absolute Gasteiger partial charge is 0.270 e. The van der Waals surface area contributed by atoms with Crippen LogP contribution in [0.4, 0.5) is 13.2 Å². The van der Waals surface area contributed by atoms with Gasteiger partial charge < -0.3 is 10.6 Å². The third-order valence-electron chi connectivity index (χ3n) is 3.81. The molecule has 2 aromatic rings. The van der Waals surface area contributed by atoms with Crippen LogP contribution in [0.15, 0.2) is 18.2 Å².